The first-order valence-corrected chi connectivity index (χ1v) is 10.2. The van der Waals surface area contributed by atoms with E-state index >= 15 is 0 Å². The molecule has 7 heteroatoms. The van der Waals surface area contributed by atoms with Crippen LogP contribution in [0.3, 0.4) is 0 Å². The van der Waals surface area contributed by atoms with E-state index in [0.29, 0.717) is 17.7 Å². The van der Waals surface area contributed by atoms with E-state index in [4.69, 9.17) is 4.74 Å². The lowest BCUT2D eigenvalue weighted by Gasteiger charge is -2.17. The summed E-state index contributed by atoms with van der Waals surface area (Å²) in [6.45, 7) is 4.76. The lowest BCUT2D eigenvalue weighted by atomic mass is 10.0. The van der Waals surface area contributed by atoms with Gasteiger partial charge in [0.05, 0.1) is 6.61 Å². The third kappa shape index (κ3) is 5.78. The van der Waals surface area contributed by atoms with E-state index in [9.17, 15) is 4.79 Å². The quantitative estimate of drug-likeness (QED) is 0.539. The third-order valence-electron chi connectivity index (χ3n) is 4.05. The number of rotatable bonds is 8. The molecule has 5 nitrogen and oxygen atoms in total. The van der Waals surface area contributed by atoms with E-state index < -0.39 is 0 Å². The second-order valence-electron chi connectivity index (χ2n) is 5.95. The zero-order chi connectivity index (χ0) is 18.2. The Morgan fingerprint density at radius 2 is 2.00 bits per heavy atom. The Hall–Kier alpha value is -1.47. The van der Waals surface area contributed by atoms with Gasteiger partial charge in [-0.2, -0.15) is 0 Å². The van der Waals surface area contributed by atoms with Crippen molar-refractivity contribution >= 4 is 38.5 Å². The molecule has 0 fully saturated rings. The Bertz CT molecular complexity index is 675. The average molecular weight is 426 g/mol. The fourth-order valence-corrected chi connectivity index (χ4v) is 3.39. The molecule has 136 valence electrons. The van der Waals surface area contributed by atoms with Crippen molar-refractivity contribution in [3.8, 4) is 10.6 Å². The Kier molecular flexibility index (Phi) is 7.84. The van der Waals surface area contributed by atoms with Gasteiger partial charge < -0.3 is 4.74 Å². The topological polar surface area (TPSA) is 55.3 Å². The van der Waals surface area contributed by atoms with Crippen LogP contribution in [0.5, 0.6) is 0 Å². The summed E-state index contributed by atoms with van der Waals surface area (Å²) in [6.07, 6.45) is 4.06. The smallest absolute Gasteiger partial charge is 0.415 e. The van der Waals surface area contributed by atoms with Crippen LogP contribution in [0.25, 0.3) is 10.6 Å². The molecule has 1 heterocycles. The first-order chi connectivity index (χ1) is 12.0. The van der Waals surface area contributed by atoms with E-state index in [2.05, 4.69) is 40.0 Å². The number of benzene rings is 1. The number of carbonyl (C=O) groups excluding carboxylic acids is 1. The maximum Gasteiger partial charge on any atom is 0.415 e. The number of hydrogen-bond donors (Lipinski definition) is 0. The predicted octanol–water partition coefficient (Wildman–Crippen LogP) is 5.76. The molecule has 2 aromatic rings. The highest BCUT2D eigenvalue weighted by Gasteiger charge is 2.19. The zero-order valence-corrected chi connectivity index (χ0v) is 17.3. The minimum absolute atomic E-state index is 0.381. The molecule has 0 bridgehead atoms. The zero-order valence-electron chi connectivity index (χ0n) is 14.9. The highest BCUT2D eigenvalue weighted by atomic mass is 79.9. The maximum atomic E-state index is 12.3. The van der Waals surface area contributed by atoms with Crippen LogP contribution < -0.4 is 4.90 Å². The van der Waals surface area contributed by atoms with Crippen molar-refractivity contribution in [1.29, 1.82) is 0 Å². The van der Waals surface area contributed by atoms with Gasteiger partial charge in [0.15, 0.2) is 0 Å². The monoisotopic (exact) mass is 425 g/mol. The van der Waals surface area contributed by atoms with Gasteiger partial charge in [-0.1, -0.05) is 72.5 Å². The van der Waals surface area contributed by atoms with Gasteiger partial charge in [-0.25, -0.2) is 4.79 Å². The molecule has 0 saturated heterocycles. The van der Waals surface area contributed by atoms with Crippen molar-refractivity contribution < 1.29 is 9.53 Å². The van der Waals surface area contributed by atoms with E-state index in [-0.39, 0.29) is 6.09 Å². The number of anilines is 1. The molecular formula is C18H24BrN3O2S. The molecule has 1 aromatic heterocycles. The predicted molar refractivity (Wildman–Crippen MR) is 106 cm³/mol. The van der Waals surface area contributed by atoms with Gasteiger partial charge in [-0.15, -0.1) is 10.2 Å². The fraction of sp³-hybridized carbons (Fsp3) is 0.500. The molecule has 0 aliphatic heterocycles. The fourth-order valence-electron chi connectivity index (χ4n) is 2.32. The average Bonchev–Trinajstić information content (AvgIpc) is 3.11. The van der Waals surface area contributed by atoms with Gasteiger partial charge in [-0.3, -0.25) is 4.90 Å². The largest absolute Gasteiger partial charge is 0.449 e. The summed E-state index contributed by atoms with van der Waals surface area (Å²) in [7, 11) is 1.67. The molecule has 0 aliphatic carbocycles. The highest BCUT2D eigenvalue weighted by Crippen LogP contribution is 2.29. The van der Waals surface area contributed by atoms with E-state index in [1.807, 2.05) is 24.3 Å². The molecule has 25 heavy (non-hydrogen) atoms. The molecule has 0 spiro atoms. The lowest BCUT2D eigenvalue weighted by molar-refractivity contribution is 0.130. The number of carbonyl (C=O) groups is 1. The minimum Gasteiger partial charge on any atom is -0.449 e. The van der Waals surface area contributed by atoms with Crippen LogP contribution >= 0.6 is 27.3 Å². The van der Waals surface area contributed by atoms with E-state index in [1.165, 1.54) is 22.7 Å². The Morgan fingerprint density at radius 1 is 1.28 bits per heavy atom. The summed E-state index contributed by atoms with van der Waals surface area (Å²) in [5.41, 5.74) is 0.972. The van der Waals surface area contributed by atoms with Crippen molar-refractivity contribution in [3.63, 3.8) is 0 Å². The summed E-state index contributed by atoms with van der Waals surface area (Å²) < 4.78 is 6.47. The third-order valence-corrected chi connectivity index (χ3v) is 5.63. The summed E-state index contributed by atoms with van der Waals surface area (Å²) >= 11 is 4.78. The number of hydrogen-bond acceptors (Lipinski definition) is 5. The summed E-state index contributed by atoms with van der Waals surface area (Å²) in [6, 6.07) is 7.84. The number of amides is 1. The van der Waals surface area contributed by atoms with Gasteiger partial charge in [0.25, 0.3) is 0 Å². The molecule has 0 radical (unpaired) electrons. The highest BCUT2D eigenvalue weighted by molar-refractivity contribution is 9.10. The summed E-state index contributed by atoms with van der Waals surface area (Å²) in [5.74, 6) is 0.421. The molecule has 0 aliphatic rings. The number of unbranched alkanes of at least 4 members (excludes halogenated alkanes) is 1. The molecule has 1 atom stereocenters. The van der Waals surface area contributed by atoms with Crippen molar-refractivity contribution in [3.05, 3.63) is 28.7 Å². The van der Waals surface area contributed by atoms with Crippen molar-refractivity contribution in [2.75, 3.05) is 18.6 Å². The molecule has 1 unspecified atom stereocenters. The van der Waals surface area contributed by atoms with Crippen LogP contribution in [0, 0.1) is 5.92 Å². The van der Waals surface area contributed by atoms with Crippen molar-refractivity contribution in [2.24, 2.45) is 5.92 Å². The minimum atomic E-state index is -0.381. The molecule has 0 N–H and O–H groups in total. The summed E-state index contributed by atoms with van der Waals surface area (Å²) in [5, 5.41) is 9.60. The number of nitrogens with zero attached hydrogens (tertiary/aromatic N) is 3. The van der Waals surface area contributed by atoms with Gasteiger partial charge >= 0.3 is 6.09 Å². The van der Waals surface area contributed by atoms with Gasteiger partial charge in [0.2, 0.25) is 5.13 Å². The molecule has 0 saturated carbocycles. The standard InChI is InChI=1S/C18H24BrN3O2S/c1-4-6-7-13(5-2)12-24-18(23)22(3)17-21-20-16(25-17)14-8-10-15(19)11-9-14/h8-11,13H,4-7,12H2,1-3H3. The van der Waals surface area contributed by atoms with Gasteiger partial charge in [0.1, 0.15) is 5.01 Å². The van der Waals surface area contributed by atoms with Crippen molar-refractivity contribution in [1.82, 2.24) is 10.2 Å². The normalized spacial score (nSPS) is 12.0. The van der Waals surface area contributed by atoms with Crippen LogP contribution in [0.1, 0.15) is 39.5 Å². The maximum absolute atomic E-state index is 12.3. The lowest BCUT2D eigenvalue weighted by Crippen LogP contribution is -2.28. The first kappa shape index (κ1) is 19.8. The SMILES string of the molecule is CCCCC(CC)COC(=O)N(C)c1nnc(-c2ccc(Br)cc2)s1. The number of ether oxygens (including phenoxy) is 1. The molecule has 1 amide bonds. The number of halogens is 1. The summed E-state index contributed by atoms with van der Waals surface area (Å²) in [4.78, 5) is 13.7. The molecule has 1 aromatic carbocycles. The van der Waals surface area contributed by atoms with Gasteiger partial charge in [-0.05, 0) is 24.5 Å². The first-order valence-electron chi connectivity index (χ1n) is 8.55. The molecule has 2 rings (SSSR count). The van der Waals surface area contributed by atoms with Crippen molar-refractivity contribution in [2.45, 2.75) is 39.5 Å². The van der Waals surface area contributed by atoms with Gasteiger partial charge in [0, 0.05) is 17.1 Å². The van der Waals surface area contributed by atoms with Crippen LogP contribution in [-0.4, -0.2) is 29.9 Å². The van der Waals surface area contributed by atoms with Crippen LogP contribution in [0.4, 0.5) is 9.93 Å². The Morgan fingerprint density at radius 3 is 2.64 bits per heavy atom. The molecular weight excluding hydrogens is 402 g/mol. The van der Waals surface area contributed by atoms with Crippen LogP contribution in [-0.2, 0) is 4.74 Å². The second-order valence-corrected chi connectivity index (χ2v) is 7.82. The van der Waals surface area contributed by atoms with Crippen LogP contribution in [0.2, 0.25) is 0 Å². The van der Waals surface area contributed by atoms with E-state index in [0.717, 1.165) is 34.3 Å². The van der Waals surface area contributed by atoms with Crippen LogP contribution in [0.15, 0.2) is 28.7 Å². The van der Waals surface area contributed by atoms with E-state index in [1.54, 1.807) is 7.05 Å². The number of aromatic nitrogens is 2. The Balaban J connectivity index is 1.94. The Labute approximate surface area is 161 Å². The second kappa shape index (κ2) is 9.87.